The van der Waals surface area contributed by atoms with Crippen molar-refractivity contribution in [1.82, 2.24) is 9.97 Å². The van der Waals surface area contributed by atoms with Gasteiger partial charge in [-0.25, -0.2) is 9.97 Å². The summed E-state index contributed by atoms with van der Waals surface area (Å²) in [6.45, 7) is 0. The molecule has 0 bridgehead atoms. The third-order valence-corrected chi connectivity index (χ3v) is 2.59. The van der Waals surface area contributed by atoms with Crippen molar-refractivity contribution in [2.75, 3.05) is 5.73 Å². The van der Waals surface area contributed by atoms with E-state index in [1.807, 2.05) is 6.07 Å². The van der Waals surface area contributed by atoms with Gasteiger partial charge >= 0.3 is 0 Å². The number of hydrogen-bond donors (Lipinski definition) is 1. The number of rotatable bonds is 2. The Balaban J connectivity index is 2.38. The number of anilines is 1. The van der Waals surface area contributed by atoms with Crippen LogP contribution in [0, 0.1) is 11.3 Å². The van der Waals surface area contributed by atoms with Gasteiger partial charge in [0.1, 0.15) is 11.8 Å². The average molecular weight is 291 g/mol. The Labute approximate surface area is 106 Å². The Morgan fingerprint density at radius 3 is 2.82 bits per heavy atom. The van der Waals surface area contributed by atoms with Crippen LogP contribution in [0.25, 0.3) is 0 Å². The molecule has 0 atom stereocenters. The molecule has 2 aromatic rings. The molecule has 6 heteroatoms. The van der Waals surface area contributed by atoms with Gasteiger partial charge in [0.15, 0.2) is 0 Å². The third-order valence-electron chi connectivity index (χ3n) is 1.93. The summed E-state index contributed by atoms with van der Waals surface area (Å²) in [6, 6.07) is 7.04. The summed E-state index contributed by atoms with van der Waals surface area (Å²) < 4.78 is 6.21. The summed E-state index contributed by atoms with van der Waals surface area (Å²) in [4.78, 5) is 7.80. The van der Waals surface area contributed by atoms with Gasteiger partial charge in [-0.2, -0.15) is 5.26 Å². The van der Waals surface area contributed by atoms with Gasteiger partial charge in [0.25, 0.3) is 5.88 Å². The number of halogens is 1. The molecule has 0 aliphatic heterocycles. The summed E-state index contributed by atoms with van der Waals surface area (Å²) in [5, 5.41) is 8.85. The Morgan fingerprint density at radius 1 is 1.29 bits per heavy atom. The van der Waals surface area contributed by atoms with Gasteiger partial charge in [-0.15, -0.1) is 0 Å². The molecule has 0 aliphatic carbocycles. The number of nitrogen functional groups attached to an aromatic ring is 1. The van der Waals surface area contributed by atoms with Gasteiger partial charge in [0, 0.05) is 24.1 Å². The van der Waals surface area contributed by atoms with Gasteiger partial charge in [-0.1, -0.05) is 0 Å². The Hall–Kier alpha value is -2.13. The van der Waals surface area contributed by atoms with Crippen molar-refractivity contribution in [3.63, 3.8) is 0 Å². The Kier molecular flexibility index (Phi) is 3.21. The molecule has 2 rings (SSSR count). The lowest BCUT2D eigenvalue weighted by Gasteiger charge is -2.07. The lowest BCUT2D eigenvalue weighted by atomic mass is 10.3. The zero-order chi connectivity index (χ0) is 12.3. The molecule has 0 radical (unpaired) electrons. The maximum Gasteiger partial charge on any atom is 0.256 e. The predicted molar refractivity (Wildman–Crippen MR) is 65.4 cm³/mol. The minimum absolute atomic E-state index is 0.127. The lowest BCUT2D eigenvalue weighted by Crippen LogP contribution is -1.95. The van der Waals surface area contributed by atoms with E-state index in [4.69, 9.17) is 15.7 Å². The van der Waals surface area contributed by atoms with Crippen LogP contribution in [0.1, 0.15) is 5.69 Å². The number of nitrogens with zero attached hydrogens (tertiary/aromatic N) is 3. The summed E-state index contributed by atoms with van der Waals surface area (Å²) in [5.41, 5.74) is 6.34. The first-order valence-electron chi connectivity index (χ1n) is 4.64. The van der Waals surface area contributed by atoms with Gasteiger partial charge in [-0.3, -0.25) is 0 Å². The van der Waals surface area contributed by atoms with Crippen LogP contribution >= 0.6 is 15.9 Å². The maximum atomic E-state index is 8.85. The quantitative estimate of drug-likeness (QED) is 0.859. The summed E-state index contributed by atoms with van der Waals surface area (Å²) in [6.07, 6.45) is 2.89. The topological polar surface area (TPSA) is 84.8 Å². The molecule has 84 valence electrons. The van der Waals surface area contributed by atoms with Gasteiger partial charge in [0.05, 0.1) is 4.47 Å². The highest BCUT2D eigenvalue weighted by Crippen LogP contribution is 2.31. The zero-order valence-corrected chi connectivity index (χ0v) is 10.2. The monoisotopic (exact) mass is 290 g/mol. The Morgan fingerprint density at radius 2 is 2.06 bits per heavy atom. The normalized spacial score (nSPS) is 9.65. The van der Waals surface area contributed by atoms with E-state index in [2.05, 4.69) is 25.9 Å². The minimum atomic E-state index is 0.127. The molecule has 0 fully saturated rings. The van der Waals surface area contributed by atoms with Crippen molar-refractivity contribution in [1.29, 1.82) is 5.26 Å². The lowest BCUT2D eigenvalue weighted by molar-refractivity contribution is 0.455. The number of hydrogen-bond acceptors (Lipinski definition) is 5. The van der Waals surface area contributed by atoms with E-state index in [9.17, 15) is 0 Å². The molecule has 1 aromatic heterocycles. The number of nitriles is 1. The summed E-state index contributed by atoms with van der Waals surface area (Å²) >= 11 is 3.32. The highest BCUT2D eigenvalue weighted by atomic mass is 79.9. The SMILES string of the molecule is N#Cc1nccnc1Oc1cc(N)ccc1Br. The van der Waals surface area contributed by atoms with Crippen LogP contribution in [-0.2, 0) is 0 Å². The number of ether oxygens (including phenoxy) is 1. The van der Waals surface area contributed by atoms with Crippen molar-refractivity contribution < 1.29 is 4.74 Å². The average Bonchev–Trinajstić information content (AvgIpc) is 2.34. The van der Waals surface area contributed by atoms with Crippen molar-refractivity contribution in [3.05, 3.63) is 40.8 Å². The standard InChI is InChI=1S/C11H7BrN4O/c12-8-2-1-7(14)5-10(8)17-11-9(6-13)15-3-4-16-11/h1-5H,14H2. The number of benzene rings is 1. The molecular weight excluding hydrogens is 284 g/mol. The molecule has 0 saturated carbocycles. The van der Waals surface area contributed by atoms with Crippen molar-refractivity contribution in [2.45, 2.75) is 0 Å². The number of nitrogens with two attached hydrogens (primary N) is 1. The Bertz CT molecular complexity index is 594. The molecule has 1 heterocycles. The molecule has 0 saturated heterocycles. The van der Waals surface area contributed by atoms with E-state index >= 15 is 0 Å². The molecule has 0 unspecified atom stereocenters. The van der Waals surface area contributed by atoms with Crippen LogP contribution < -0.4 is 10.5 Å². The summed E-state index contributed by atoms with van der Waals surface area (Å²) in [5.74, 6) is 0.642. The van der Waals surface area contributed by atoms with E-state index in [1.54, 1.807) is 18.2 Å². The van der Waals surface area contributed by atoms with Crippen LogP contribution in [0.15, 0.2) is 35.1 Å². The molecule has 17 heavy (non-hydrogen) atoms. The maximum absolute atomic E-state index is 8.85. The highest BCUT2D eigenvalue weighted by molar-refractivity contribution is 9.10. The molecule has 0 spiro atoms. The van der Waals surface area contributed by atoms with Crippen LogP contribution in [0.5, 0.6) is 11.6 Å². The van der Waals surface area contributed by atoms with Crippen LogP contribution in [0.2, 0.25) is 0 Å². The number of aromatic nitrogens is 2. The second-order valence-electron chi connectivity index (χ2n) is 3.11. The van der Waals surface area contributed by atoms with Gasteiger partial charge in [-0.05, 0) is 28.1 Å². The fraction of sp³-hybridized carbons (Fsp3) is 0. The van der Waals surface area contributed by atoms with Crippen molar-refractivity contribution in [3.8, 4) is 17.7 Å². The first kappa shape index (κ1) is 11.4. The van der Waals surface area contributed by atoms with Crippen molar-refractivity contribution >= 4 is 21.6 Å². The fourth-order valence-corrected chi connectivity index (χ4v) is 1.51. The van der Waals surface area contributed by atoms with E-state index in [0.29, 0.717) is 11.4 Å². The van der Waals surface area contributed by atoms with Crippen LogP contribution in [0.3, 0.4) is 0 Å². The van der Waals surface area contributed by atoms with E-state index < -0.39 is 0 Å². The molecule has 5 nitrogen and oxygen atoms in total. The van der Waals surface area contributed by atoms with E-state index in [0.717, 1.165) is 4.47 Å². The molecule has 1 aromatic carbocycles. The van der Waals surface area contributed by atoms with Crippen molar-refractivity contribution in [2.24, 2.45) is 0 Å². The largest absolute Gasteiger partial charge is 0.435 e. The zero-order valence-electron chi connectivity index (χ0n) is 8.59. The van der Waals surface area contributed by atoms with Crippen LogP contribution in [-0.4, -0.2) is 9.97 Å². The van der Waals surface area contributed by atoms with Crippen LogP contribution in [0.4, 0.5) is 5.69 Å². The minimum Gasteiger partial charge on any atom is -0.435 e. The fourth-order valence-electron chi connectivity index (χ4n) is 1.18. The third kappa shape index (κ3) is 2.52. The molecule has 2 N–H and O–H groups in total. The van der Waals surface area contributed by atoms with Gasteiger partial charge in [0.2, 0.25) is 5.69 Å². The highest BCUT2D eigenvalue weighted by Gasteiger charge is 2.09. The van der Waals surface area contributed by atoms with Gasteiger partial charge < -0.3 is 10.5 Å². The first-order chi connectivity index (χ1) is 8.20. The second-order valence-corrected chi connectivity index (χ2v) is 3.97. The predicted octanol–water partition coefficient (Wildman–Crippen LogP) is 2.49. The summed E-state index contributed by atoms with van der Waals surface area (Å²) in [7, 11) is 0. The van der Waals surface area contributed by atoms with E-state index in [-0.39, 0.29) is 11.6 Å². The molecule has 0 amide bonds. The second kappa shape index (κ2) is 4.80. The first-order valence-corrected chi connectivity index (χ1v) is 5.44. The smallest absolute Gasteiger partial charge is 0.256 e. The molecular formula is C11H7BrN4O. The van der Waals surface area contributed by atoms with E-state index in [1.165, 1.54) is 12.4 Å². The molecule has 0 aliphatic rings.